The van der Waals surface area contributed by atoms with Crippen LogP contribution in [0.2, 0.25) is 0 Å². The topological polar surface area (TPSA) is 56.2 Å². The van der Waals surface area contributed by atoms with Gasteiger partial charge in [0, 0.05) is 19.5 Å². The number of carbonyl (C=O) groups excluding carboxylic acids is 1. The number of aromatic nitrogens is 2. The molecule has 2 aromatic rings. The highest BCUT2D eigenvalue weighted by atomic mass is 16.5. The zero-order valence-electron chi connectivity index (χ0n) is 11.3. The molecule has 0 bridgehead atoms. The van der Waals surface area contributed by atoms with Gasteiger partial charge in [0.1, 0.15) is 0 Å². The first-order chi connectivity index (χ1) is 9.26. The van der Waals surface area contributed by atoms with Gasteiger partial charge in [0.05, 0.1) is 18.1 Å². The van der Waals surface area contributed by atoms with Gasteiger partial charge in [-0.1, -0.05) is 12.1 Å². The second kappa shape index (κ2) is 6.22. The Morgan fingerprint density at radius 1 is 1.42 bits per heavy atom. The predicted molar refractivity (Wildman–Crippen MR) is 75.1 cm³/mol. The zero-order valence-corrected chi connectivity index (χ0v) is 11.3. The Kier molecular flexibility index (Phi) is 4.39. The minimum atomic E-state index is -0.172. The molecule has 0 unspecified atom stereocenters. The van der Waals surface area contributed by atoms with Crippen LogP contribution in [-0.4, -0.2) is 29.2 Å². The Morgan fingerprint density at radius 3 is 2.95 bits per heavy atom. The van der Waals surface area contributed by atoms with E-state index in [1.807, 2.05) is 31.2 Å². The highest BCUT2D eigenvalue weighted by Gasteiger charge is 2.10. The van der Waals surface area contributed by atoms with E-state index in [9.17, 15) is 4.79 Å². The van der Waals surface area contributed by atoms with Gasteiger partial charge in [-0.2, -0.15) is 0 Å². The summed E-state index contributed by atoms with van der Waals surface area (Å²) < 4.78 is 6.77. The summed E-state index contributed by atoms with van der Waals surface area (Å²) in [7, 11) is 1.42. The quantitative estimate of drug-likeness (QED) is 0.811. The van der Waals surface area contributed by atoms with E-state index >= 15 is 0 Å². The minimum Gasteiger partial charge on any atom is -0.469 e. The number of hydrogen-bond acceptors (Lipinski definition) is 4. The van der Waals surface area contributed by atoms with E-state index in [1.165, 1.54) is 7.11 Å². The van der Waals surface area contributed by atoms with Crippen molar-refractivity contribution in [2.45, 2.75) is 26.3 Å². The first-order valence-electron chi connectivity index (χ1n) is 6.52. The van der Waals surface area contributed by atoms with E-state index in [0.717, 1.165) is 36.5 Å². The molecule has 0 saturated heterocycles. The molecule has 1 aromatic carbocycles. The Hall–Kier alpha value is -2.04. The number of hydrogen-bond donors (Lipinski definition) is 1. The van der Waals surface area contributed by atoms with Crippen LogP contribution in [0, 0.1) is 0 Å². The van der Waals surface area contributed by atoms with Crippen molar-refractivity contribution in [2.24, 2.45) is 0 Å². The molecule has 19 heavy (non-hydrogen) atoms. The number of esters is 1. The predicted octanol–water partition coefficient (Wildman–Crippen LogP) is 2.42. The third-order valence-corrected chi connectivity index (χ3v) is 2.98. The van der Waals surface area contributed by atoms with Crippen LogP contribution in [0.5, 0.6) is 0 Å². The van der Waals surface area contributed by atoms with Gasteiger partial charge in [0.25, 0.3) is 0 Å². The summed E-state index contributed by atoms with van der Waals surface area (Å²) in [6.07, 6.45) is 1.17. The Bertz CT molecular complexity index is 563. The SMILES string of the molecule is CCNc1nc2ccccc2n1CCCC(=O)OC. The maximum atomic E-state index is 11.2. The summed E-state index contributed by atoms with van der Waals surface area (Å²) in [5.74, 6) is 0.683. The molecule has 0 atom stereocenters. The third-order valence-electron chi connectivity index (χ3n) is 2.98. The molecule has 102 valence electrons. The number of imidazole rings is 1. The molecular formula is C14H19N3O2. The number of fused-ring (bicyclic) bond motifs is 1. The van der Waals surface area contributed by atoms with E-state index < -0.39 is 0 Å². The van der Waals surface area contributed by atoms with Gasteiger partial charge in [-0.05, 0) is 25.5 Å². The summed E-state index contributed by atoms with van der Waals surface area (Å²) in [5.41, 5.74) is 2.06. The van der Waals surface area contributed by atoms with Gasteiger partial charge < -0.3 is 14.6 Å². The number of rotatable bonds is 6. The van der Waals surface area contributed by atoms with Crippen molar-refractivity contribution in [2.75, 3.05) is 19.0 Å². The van der Waals surface area contributed by atoms with E-state index in [2.05, 4.69) is 19.6 Å². The molecule has 0 fully saturated rings. The lowest BCUT2D eigenvalue weighted by molar-refractivity contribution is -0.140. The van der Waals surface area contributed by atoms with Crippen molar-refractivity contribution in [1.82, 2.24) is 9.55 Å². The highest BCUT2D eigenvalue weighted by molar-refractivity contribution is 5.78. The van der Waals surface area contributed by atoms with Crippen LogP contribution in [-0.2, 0) is 16.1 Å². The third kappa shape index (κ3) is 3.05. The number of methoxy groups -OCH3 is 1. The minimum absolute atomic E-state index is 0.172. The lowest BCUT2D eigenvalue weighted by Gasteiger charge is -2.09. The van der Waals surface area contributed by atoms with Gasteiger partial charge >= 0.3 is 5.97 Å². The number of carbonyl (C=O) groups is 1. The molecule has 0 saturated carbocycles. The Balaban J connectivity index is 2.18. The maximum absolute atomic E-state index is 11.2. The second-order valence-corrected chi connectivity index (χ2v) is 4.29. The summed E-state index contributed by atoms with van der Waals surface area (Å²) in [6, 6.07) is 8.01. The summed E-state index contributed by atoms with van der Waals surface area (Å²) >= 11 is 0. The fourth-order valence-corrected chi connectivity index (χ4v) is 2.08. The van der Waals surface area contributed by atoms with Crippen LogP contribution in [0.15, 0.2) is 24.3 Å². The highest BCUT2D eigenvalue weighted by Crippen LogP contribution is 2.20. The number of anilines is 1. The summed E-state index contributed by atoms with van der Waals surface area (Å²) in [5, 5.41) is 3.25. The molecule has 0 spiro atoms. The molecule has 5 nitrogen and oxygen atoms in total. The standard InChI is InChI=1S/C14H19N3O2/c1-3-15-14-16-11-7-4-5-8-12(11)17(14)10-6-9-13(18)19-2/h4-5,7-8H,3,6,9-10H2,1-2H3,(H,15,16). The normalized spacial score (nSPS) is 10.6. The largest absolute Gasteiger partial charge is 0.469 e. The summed E-state index contributed by atoms with van der Waals surface area (Å²) in [6.45, 7) is 3.61. The van der Waals surface area contributed by atoms with Gasteiger partial charge in [-0.15, -0.1) is 0 Å². The Morgan fingerprint density at radius 2 is 2.21 bits per heavy atom. The summed E-state index contributed by atoms with van der Waals surface area (Å²) in [4.78, 5) is 15.7. The van der Waals surface area contributed by atoms with Gasteiger partial charge in [0.2, 0.25) is 5.95 Å². The maximum Gasteiger partial charge on any atom is 0.305 e. The monoisotopic (exact) mass is 261 g/mol. The van der Waals surface area contributed by atoms with E-state index in [4.69, 9.17) is 0 Å². The number of nitrogens with zero attached hydrogens (tertiary/aromatic N) is 2. The van der Waals surface area contributed by atoms with E-state index in [1.54, 1.807) is 0 Å². The molecular weight excluding hydrogens is 242 g/mol. The van der Waals surface area contributed by atoms with Crippen LogP contribution in [0.3, 0.4) is 0 Å². The fourth-order valence-electron chi connectivity index (χ4n) is 2.08. The average molecular weight is 261 g/mol. The molecule has 0 aliphatic carbocycles. The van der Waals surface area contributed by atoms with Gasteiger partial charge in [-0.3, -0.25) is 4.79 Å². The van der Waals surface area contributed by atoms with Gasteiger partial charge in [0.15, 0.2) is 0 Å². The second-order valence-electron chi connectivity index (χ2n) is 4.29. The van der Waals surface area contributed by atoms with Crippen molar-refractivity contribution in [1.29, 1.82) is 0 Å². The van der Waals surface area contributed by atoms with Gasteiger partial charge in [-0.25, -0.2) is 4.98 Å². The van der Waals surface area contributed by atoms with Crippen LogP contribution < -0.4 is 5.32 Å². The average Bonchev–Trinajstić information content (AvgIpc) is 2.77. The van der Waals surface area contributed by atoms with Crippen molar-refractivity contribution in [3.63, 3.8) is 0 Å². The molecule has 1 N–H and O–H groups in total. The Labute approximate surface area is 112 Å². The lowest BCUT2D eigenvalue weighted by atomic mass is 10.3. The molecule has 0 aliphatic heterocycles. The molecule has 0 amide bonds. The van der Waals surface area contributed by atoms with Crippen LogP contribution in [0.25, 0.3) is 11.0 Å². The van der Waals surface area contributed by atoms with Crippen molar-refractivity contribution < 1.29 is 9.53 Å². The van der Waals surface area contributed by atoms with E-state index in [-0.39, 0.29) is 5.97 Å². The zero-order chi connectivity index (χ0) is 13.7. The molecule has 1 aromatic heterocycles. The molecule has 0 aliphatic rings. The molecule has 0 radical (unpaired) electrons. The number of benzene rings is 1. The van der Waals surface area contributed by atoms with Crippen molar-refractivity contribution >= 4 is 23.0 Å². The van der Waals surface area contributed by atoms with E-state index in [0.29, 0.717) is 6.42 Å². The first kappa shape index (κ1) is 13.4. The number of ether oxygens (including phenoxy) is 1. The molecule has 2 rings (SSSR count). The van der Waals surface area contributed by atoms with Crippen LogP contribution in [0.1, 0.15) is 19.8 Å². The fraction of sp³-hybridized carbons (Fsp3) is 0.429. The van der Waals surface area contributed by atoms with Crippen molar-refractivity contribution in [3.8, 4) is 0 Å². The number of para-hydroxylation sites is 2. The van der Waals surface area contributed by atoms with Crippen LogP contribution >= 0.6 is 0 Å². The number of nitrogens with one attached hydrogen (secondary N) is 1. The number of aryl methyl sites for hydroxylation is 1. The molecule has 5 heteroatoms. The smallest absolute Gasteiger partial charge is 0.305 e. The van der Waals surface area contributed by atoms with Crippen LogP contribution in [0.4, 0.5) is 5.95 Å². The lowest BCUT2D eigenvalue weighted by Crippen LogP contribution is -2.09. The molecule has 1 heterocycles. The first-order valence-corrected chi connectivity index (χ1v) is 6.52. The van der Waals surface area contributed by atoms with Crippen molar-refractivity contribution in [3.05, 3.63) is 24.3 Å².